The number of likely N-dealkylation sites (tertiary alicyclic amines) is 1. The van der Waals surface area contributed by atoms with Crippen molar-refractivity contribution in [2.45, 2.75) is 32.0 Å². The zero-order valence-electron chi connectivity index (χ0n) is 12.5. The topological polar surface area (TPSA) is 46.3 Å². The van der Waals surface area contributed by atoms with Crippen molar-refractivity contribution < 1.29 is 18.0 Å². The summed E-state index contributed by atoms with van der Waals surface area (Å²) >= 11 is 0. The first-order valence-corrected chi connectivity index (χ1v) is 7.46. The molecular formula is C16H21F3N2O. The van der Waals surface area contributed by atoms with E-state index in [9.17, 15) is 18.0 Å². The number of amides is 1. The fourth-order valence-corrected chi connectivity index (χ4v) is 2.83. The molecule has 0 saturated carbocycles. The Morgan fingerprint density at radius 3 is 2.27 bits per heavy atom. The van der Waals surface area contributed by atoms with Gasteiger partial charge in [-0.1, -0.05) is 37.3 Å². The zero-order chi connectivity index (χ0) is 16.3. The molecule has 2 N–H and O–H groups in total. The van der Waals surface area contributed by atoms with Crippen molar-refractivity contribution in [1.29, 1.82) is 0 Å². The quantitative estimate of drug-likeness (QED) is 0.932. The Morgan fingerprint density at radius 1 is 1.23 bits per heavy atom. The number of alkyl halides is 3. The number of carbonyl (C=O) groups excluding carboxylic acids is 1. The summed E-state index contributed by atoms with van der Waals surface area (Å²) < 4.78 is 38.0. The molecular weight excluding hydrogens is 293 g/mol. The highest BCUT2D eigenvalue weighted by molar-refractivity contribution is 5.79. The predicted octanol–water partition coefficient (Wildman–Crippen LogP) is 3.12. The van der Waals surface area contributed by atoms with Gasteiger partial charge in [-0.3, -0.25) is 4.79 Å². The number of hydrogen-bond acceptors (Lipinski definition) is 2. The van der Waals surface area contributed by atoms with E-state index in [0.717, 1.165) is 5.56 Å². The Kier molecular flexibility index (Phi) is 5.11. The van der Waals surface area contributed by atoms with Crippen LogP contribution in [0.2, 0.25) is 0 Å². The van der Waals surface area contributed by atoms with E-state index in [-0.39, 0.29) is 31.8 Å². The number of nitrogens with zero attached hydrogens (tertiary/aromatic N) is 1. The van der Waals surface area contributed by atoms with Crippen molar-refractivity contribution in [2.75, 3.05) is 13.1 Å². The molecule has 6 heteroatoms. The Balaban J connectivity index is 1.95. The number of benzene rings is 1. The van der Waals surface area contributed by atoms with Crippen LogP contribution in [0.5, 0.6) is 0 Å². The van der Waals surface area contributed by atoms with Crippen LogP contribution in [0.25, 0.3) is 0 Å². The van der Waals surface area contributed by atoms with Gasteiger partial charge in [-0.05, 0) is 18.4 Å². The minimum atomic E-state index is -4.17. The zero-order valence-corrected chi connectivity index (χ0v) is 12.5. The van der Waals surface area contributed by atoms with Crippen LogP contribution in [0, 0.1) is 11.8 Å². The third kappa shape index (κ3) is 3.80. The predicted molar refractivity (Wildman–Crippen MR) is 77.9 cm³/mol. The minimum absolute atomic E-state index is 0.0253. The second-order valence-electron chi connectivity index (χ2n) is 5.87. The molecule has 2 atom stereocenters. The van der Waals surface area contributed by atoms with E-state index < -0.39 is 24.1 Å². The van der Waals surface area contributed by atoms with Gasteiger partial charge in [0.1, 0.15) is 0 Å². The monoisotopic (exact) mass is 314 g/mol. The maximum absolute atomic E-state index is 12.7. The lowest BCUT2D eigenvalue weighted by molar-refractivity contribution is -0.187. The number of nitrogens with two attached hydrogens (primary N) is 1. The molecule has 122 valence electrons. The van der Waals surface area contributed by atoms with Gasteiger partial charge >= 0.3 is 6.18 Å². The van der Waals surface area contributed by atoms with E-state index in [2.05, 4.69) is 0 Å². The Bertz CT molecular complexity index is 496. The van der Waals surface area contributed by atoms with Crippen molar-refractivity contribution >= 4 is 5.91 Å². The molecule has 1 aromatic carbocycles. The van der Waals surface area contributed by atoms with Crippen molar-refractivity contribution in [2.24, 2.45) is 17.6 Å². The lowest BCUT2D eigenvalue weighted by Gasteiger charge is -2.35. The summed E-state index contributed by atoms with van der Waals surface area (Å²) in [4.78, 5) is 13.9. The first kappa shape index (κ1) is 16.8. The fourth-order valence-electron chi connectivity index (χ4n) is 2.83. The lowest BCUT2D eigenvalue weighted by atomic mass is 9.91. The van der Waals surface area contributed by atoms with Crippen molar-refractivity contribution in [3.8, 4) is 0 Å². The molecule has 1 aromatic rings. The van der Waals surface area contributed by atoms with Gasteiger partial charge in [0.25, 0.3) is 0 Å². The minimum Gasteiger partial charge on any atom is -0.342 e. The van der Waals surface area contributed by atoms with Crippen LogP contribution in [0.4, 0.5) is 13.2 Å². The molecule has 1 aliphatic rings. The van der Waals surface area contributed by atoms with Crippen molar-refractivity contribution in [3.05, 3.63) is 35.9 Å². The summed E-state index contributed by atoms with van der Waals surface area (Å²) in [5.74, 6) is -1.92. The summed E-state index contributed by atoms with van der Waals surface area (Å²) in [5.41, 5.74) is 6.97. The standard InChI is InChI=1S/C16H21F3N2O/c1-11(14(20)12-5-3-2-4-6-12)15(22)21-9-7-13(8-10-21)16(17,18)19/h2-6,11,13-14H,7-10,20H2,1H3. The van der Waals surface area contributed by atoms with Crippen LogP contribution in [0.1, 0.15) is 31.4 Å². The fraction of sp³-hybridized carbons (Fsp3) is 0.562. The molecule has 0 bridgehead atoms. The van der Waals surface area contributed by atoms with E-state index in [1.54, 1.807) is 6.92 Å². The summed E-state index contributed by atoms with van der Waals surface area (Å²) in [7, 11) is 0. The molecule has 0 spiro atoms. The van der Waals surface area contributed by atoms with Gasteiger partial charge in [0.2, 0.25) is 5.91 Å². The first-order chi connectivity index (χ1) is 10.3. The van der Waals surface area contributed by atoms with E-state index in [0.29, 0.717) is 0 Å². The van der Waals surface area contributed by atoms with Gasteiger partial charge in [0.05, 0.1) is 11.8 Å². The molecule has 1 amide bonds. The molecule has 0 radical (unpaired) electrons. The van der Waals surface area contributed by atoms with Crippen LogP contribution < -0.4 is 5.73 Å². The van der Waals surface area contributed by atoms with E-state index >= 15 is 0 Å². The second-order valence-corrected chi connectivity index (χ2v) is 5.87. The number of carbonyl (C=O) groups is 1. The molecule has 3 nitrogen and oxygen atoms in total. The smallest absolute Gasteiger partial charge is 0.342 e. The summed E-state index contributed by atoms with van der Waals surface area (Å²) in [6.07, 6.45) is -4.22. The summed E-state index contributed by atoms with van der Waals surface area (Å²) in [5, 5.41) is 0. The van der Waals surface area contributed by atoms with Gasteiger partial charge in [-0.25, -0.2) is 0 Å². The maximum Gasteiger partial charge on any atom is 0.391 e. The van der Waals surface area contributed by atoms with Crippen LogP contribution >= 0.6 is 0 Å². The van der Waals surface area contributed by atoms with Crippen LogP contribution in [-0.4, -0.2) is 30.1 Å². The SMILES string of the molecule is CC(C(=O)N1CCC(C(F)(F)F)CC1)C(N)c1ccccc1. The number of piperidine rings is 1. The van der Waals surface area contributed by atoms with E-state index in [4.69, 9.17) is 5.73 Å². The van der Waals surface area contributed by atoms with Gasteiger partial charge in [-0.15, -0.1) is 0 Å². The molecule has 1 aliphatic heterocycles. The maximum atomic E-state index is 12.7. The lowest BCUT2D eigenvalue weighted by Crippen LogP contribution is -2.45. The number of rotatable bonds is 3. The Hall–Kier alpha value is -1.56. The third-order valence-corrected chi connectivity index (χ3v) is 4.38. The highest BCUT2D eigenvalue weighted by atomic mass is 19.4. The average molecular weight is 314 g/mol. The number of hydrogen-bond donors (Lipinski definition) is 1. The first-order valence-electron chi connectivity index (χ1n) is 7.46. The number of halogens is 3. The van der Waals surface area contributed by atoms with Gasteiger partial charge in [-0.2, -0.15) is 13.2 Å². The Labute approximate surface area is 128 Å². The summed E-state index contributed by atoms with van der Waals surface area (Å²) in [6, 6.07) is 8.82. The van der Waals surface area contributed by atoms with Crippen LogP contribution in [0.3, 0.4) is 0 Å². The Morgan fingerprint density at radius 2 is 1.77 bits per heavy atom. The molecule has 1 saturated heterocycles. The van der Waals surface area contributed by atoms with Crippen LogP contribution in [-0.2, 0) is 4.79 Å². The largest absolute Gasteiger partial charge is 0.391 e. The molecule has 1 heterocycles. The molecule has 0 aromatic heterocycles. The highest BCUT2D eigenvalue weighted by Crippen LogP contribution is 2.34. The van der Waals surface area contributed by atoms with E-state index in [1.165, 1.54) is 4.90 Å². The molecule has 2 rings (SSSR count). The van der Waals surface area contributed by atoms with Gasteiger partial charge < -0.3 is 10.6 Å². The third-order valence-electron chi connectivity index (χ3n) is 4.38. The second kappa shape index (κ2) is 6.69. The van der Waals surface area contributed by atoms with Gasteiger partial charge in [0.15, 0.2) is 0 Å². The van der Waals surface area contributed by atoms with Crippen LogP contribution in [0.15, 0.2) is 30.3 Å². The van der Waals surface area contributed by atoms with Gasteiger partial charge in [0, 0.05) is 19.1 Å². The molecule has 0 aliphatic carbocycles. The normalized spacial score (nSPS) is 19.8. The summed E-state index contributed by atoms with van der Waals surface area (Å²) in [6.45, 7) is 2.03. The molecule has 1 fully saturated rings. The van der Waals surface area contributed by atoms with Crippen molar-refractivity contribution in [1.82, 2.24) is 4.90 Å². The average Bonchev–Trinajstić information content (AvgIpc) is 2.53. The van der Waals surface area contributed by atoms with Crippen molar-refractivity contribution in [3.63, 3.8) is 0 Å². The molecule has 22 heavy (non-hydrogen) atoms. The van der Waals surface area contributed by atoms with E-state index in [1.807, 2.05) is 30.3 Å². The molecule has 2 unspecified atom stereocenters. The highest BCUT2D eigenvalue weighted by Gasteiger charge is 2.42.